The molecule has 0 bridgehead atoms. The fraction of sp³-hybridized carbons (Fsp3) is 0.455. The summed E-state index contributed by atoms with van der Waals surface area (Å²) >= 11 is 3.56. The van der Waals surface area contributed by atoms with E-state index in [-0.39, 0.29) is 11.6 Å². The van der Waals surface area contributed by atoms with E-state index < -0.39 is 5.60 Å². The predicted octanol–water partition coefficient (Wildman–Crippen LogP) is 5.03. The highest BCUT2D eigenvalue weighted by atomic mass is 79.9. The van der Waals surface area contributed by atoms with Crippen molar-refractivity contribution < 1.29 is 14.3 Å². The minimum atomic E-state index is -0.510. The van der Waals surface area contributed by atoms with Crippen LogP contribution in [0.1, 0.15) is 46.7 Å². The molecule has 0 atom stereocenters. The lowest BCUT2D eigenvalue weighted by Crippen LogP contribution is -2.28. The van der Waals surface area contributed by atoms with Crippen molar-refractivity contribution >= 4 is 36.6 Å². The zero-order valence-corrected chi connectivity index (χ0v) is 20.7. The molecule has 0 aliphatic heterocycles. The van der Waals surface area contributed by atoms with Gasteiger partial charge in [0.1, 0.15) is 5.75 Å². The van der Waals surface area contributed by atoms with Gasteiger partial charge in [0.05, 0.1) is 35.0 Å². The highest BCUT2D eigenvalue weighted by Gasteiger charge is 2.27. The van der Waals surface area contributed by atoms with Gasteiger partial charge in [0.25, 0.3) is 0 Å². The van der Waals surface area contributed by atoms with Crippen molar-refractivity contribution in [2.24, 2.45) is 0 Å². The van der Waals surface area contributed by atoms with Crippen molar-refractivity contribution in [3.05, 3.63) is 46.7 Å². The molecule has 160 valence electrons. The molecule has 3 aromatic rings. The van der Waals surface area contributed by atoms with Gasteiger partial charge in [-0.2, -0.15) is 5.10 Å². The zero-order valence-electron chi connectivity index (χ0n) is 18.1. The van der Waals surface area contributed by atoms with E-state index in [1.807, 2.05) is 48.9 Å². The van der Waals surface area contributed by atoms with Gasteiger partial charge in [-0.25, -0.2) is 9.67 Å². The Hall–Kier alpha value is -1.74. The Morgan fingerprint density at radius 2 is 1.93 bits per heavy atom. The number of ether oxygens (including phenoxy) is 1. The number of benzene rings is 1. The van der Waals surface area contributed by atoms with Gasteiger partial charge in [-0.05, 0) is 43.2 Å². The topological polar surface area (TPSA) is 69.4 Å². The maximum Gasteiger partial charge on any atom is 0.237 e. The Kier molecular flexibility index (Phi) is 7.01. The highest BCUT2D eigenvalue weighted by Crippen LogP contribution is 2.32. The van der Waals surface area contributed by atoms with Gasteiger partial charge in [-0.3, -0.25) is 0 Å². The molecular formula is C22H28BrN3O3Si. The molecular weight excluding hydrogens is 462 g/mol. The minimum Gasteiger partial charge on any atom is -0.493 e. The van der Waals surface area contributed by atoms with Crippen molar-refractivity contribution in [1.82, 2.24) is 14.8 Å². The fourth-order valence-electron chi connectivity index (χ4n) is 2.82. The summed E-state index contributed by atoms with van der Waals surface area (Å²) in [6, 6.07) is 9.82. The largest absolute Gasteiger partial charge is 0.493 e. The molecule has 0 aliphatic carbocycles. The van der Waals surface area contributed by atoms with E-state index in [1.165, 1.54) is 0 Å². The summed E-state index contributed by atoms with van der Waals surface area (Å²) in [5.41, 5.74) is 1.24. The van der Waals surface area contributed by atoms with Gasteiger partial charge < -0.3 is 14.3 Å². The van der Waals surface area contributed by atoms with E-state index in [2.05, 4.69) is 41.8 Å². The number of hydrogen-bond acceptors (Lipinski definition) is 5. The average Bonchev–Trinajstić information content (AvgIpc) is 3.10. The minimum absolute atomic E-state index is 0.0980. The number of aliphatic hydroxyl groups is 1. The molecule has 2 radical (unpaired) electrons. The van der Waals surface area contributed by atoms with Crippen LogP contribution in [0.3, 0.4) is 0 Å². The van der Waals surface area contributed by atoms with Crippen LogP contribution >= 0.6 is 15.9 Å². The summed E-state index contributed by atoms with van der Waals surface area (Å²) in [4.78, 5) is 4.86. The molecule has 2 heterocycles. The second-order valence-corrected chi connectivity index (χ2v) is 11.5. The lowest BCUT2D eigenvalue weighted by molar-refractivity contribution is 0.104. The maximum atomic E-state index is 9.02. The number of aliphatic hydroxyl groups excluding tert-OH is 1. The van der Waals surface area contributed by atoms with Gasteiger partial charge in [0, 0.05) is 17.5 Å². The number of aromatic nitrogens is 3. The SMILES string of the molecule is CC(C)(C)[Si]OC(C)(C)c1cccc(-n2ncc3c(OCCCO)cc(Br)cc32)n1. The molecule has 1 N–H and O–H groups in total. The van der Waals surface area contributed by atoms with E-state index in [0.717, 1.165) is 32.6 Å². The molecule has 0 spiro atoms. The number of pyridine rings is 1. The summed E-state index contributed by atoms with van der Waals surface area (Å²) in [6.45, 7) is 11.1. The summed E-state index contributed by atoms with van der Waals surface area (Å²) in [6.07, 6.45) is 2.36. The fourth-order valence-corrected chi connectivity index (χ4v) is 3.91. The monoisotopic (exact) mass is 489 g/mol. The molecule has 0 amide bonds. The van der Waals surface area contributed by atoms with Crippen molar-refractivity contribution in [1.29, 1.82) is 0 Å². The average molecular weight is 490 g/mol. The summed E-state index contributed by atoms with van der Waals surface area (Å²) in [5.74, 6) is 1.45. The molecule has 30 heavy (non-hydrogen) atoms. The van der Waals surface area contributed by atoms with Crippen LogP contribution in [0, 0.1) is 0 Å². The number of nitrogens with zero attached hydrogens (tertiary/aromatic N) is 3. The van der Waals surface area contributed by atoms with Crippen molar-refractivity contribution in [2.45, 2.75) is 51.7 Å². The number of fused-ring (bicyclic) bond motifs is 1. The van der Waals surface area contributed by atoms with Crippen molar-refractivity contribution in [3.63, 3.8) is 0 Å². The summed E-state index contributed by atoms with van der Waals surface area (Å²) < 4.78 is 14.8. The van der Waals surface area contributed by atoms with E-state index in [4.69, 9.17) is 19.3 Å². The van der Waals surface area contributed by atoms with E-state index in [9.17, 15) is 0 Å². The Labute approximate surface area is 188 Å². The number of halogens is 1. The summed E-state index contributed by atoms with van der Waals surface area (Å²) in [7, 11) is 0.365. The van der Waals surface area contributed by atoms with Crippen LogP contribution in [0.2, 0.25) is 5.04 Å². The molecule has 0 unspecified atom stereocenters. The van der Waals surface area contributed by atoms with Crippen LogP contribution in [0.25, 0.3) is 16.7 Å². The number of rotatable bonds is 8. The first kappa shape index (κ1) is 22.9. The molecule has 3 rings (SSSR count). The van der Waals surface area contributed by atoms with Crippen LogP contribution in [-0.4, -0.2) is 42.8 Å². The lowest BCUT2D eigenvalue weighted by Gasteiger charge is -2.29. The highest BCUT2D eigenvalue weighted by molar-refractivity contribution is 9.10. The maximum absolute atomic E-state index is 9.02. The molecule has 0 saturated carbocycles. The zero-order chi connectivity index (χ0) is 21.9. The van der Waals surface area contributed by atoms with Gasteiger partial charge in [0.15, 0.2) is 5.82 Å². The van der Waals surface area contributed by atoms with Crippen LogP contribution in [-0.2, 0) is 10.0 Å². The first-order valence-electron chi connectivity index (χ1n) is 9.95. The molecule has 1 aromatic carbocycles. The third-order valence-corrected chi connectivity index (χ3v) is 6.04. The van der Waals surface area contributed by atoms with E-state index >= 15 is 0 Å². The molecule has 8 heteroatoms. The second kappa shape index (κ2) is 9.17. The van der Waals surface area contributed by atoms with Crippen LogP contribution < -0.4 is 4.74 Å². The van der Waals surface area contributed by atoms with Crippen LogP contribution in [0.4, 0.5) is 0 Å². The van der Waals surface area contributed by atoms with Gasteiger partial charge >= 0.3 is 0 Å². The van der Waals surface area contributed by atoms with Gasteiger partial charge in [0.2, 0.25) is 9.76 Å². The predicted molar refractivity (Wildman–Crippen MR) is 123 cm³/mol. The first-order chi connectivity index (χ1) is 14.1. The third kappa shape index (κ3) is 5.49. The molecule has 2 aromatic heterocycles. The normalized spacial score (nSPS) is 12.5. The number of hydrogen-bond donors (Lipinski definition) is 1. The van der Waals surface area contributed by atoms with Crippen molar-refractivity contribution in [2.75, 3.05) is 13.2 Å². The van der Waals surface area contributed by atoms with Crippen LogP contribution in [0.5, 0.6) is 5.75 Å². The second-order valence-electron chi connectivity index (χ2n) is 8.66. The Morgan fingerprint density at radius 1 is 1.17 bits per heavy atom. The quantitative estimate of drug-likeness (QED) is 0.354. The molecule has 0 aliphatic rings. The third-order valence-electron chi connectivity index (χ3n) is 4.36. The Balaban J connectivity index is 1.96. The molecule has 0 saturated heterocycles. The van der Waals surface area contributed by atoms with E-state index in [1.54, 1.807) is 6.20 Å². The van der Waals surface area contributed by atoms with Crippen LogP contribution in [0.15, 0.2) is 41.0 Å². The molecule has 0 fully saturated rings. The Bertz CT molecular complexity index is 1010. The molecule has 6 nitrogen and oxygen atoms in total. The van der Waals surface area contributed by atoms with Crippen molar-refractivity contribution in [3.8, 4) is 11.6 Å². The first-order valence-corrected chi connectivity index (χ1v) is 11.6. The standard InChI is InChI=1S/C22H28BrN3O3Si/c1-21(2,3)30-29-22(4,5)19-8-6-9-20(25-19)26-17-12-15(23)13-18(16(17)14-24-26)28-11-7-10-27/h6,8-9,12-14,27H,7,10-11H2,1-5H3. The smallest absolute Gasteiger partial charge is 0.237 e. The van der Waals surface area contributed by atoms with Gasteiger partial charge in [-0.15, -0.1) is 0 Å². The van der Waals surface area contributed by atoms with E-state index in [0.29, 0.717) is 22.8 Å². The summed E-state index contributed by atoms with van der Waals surface area (Å²) in [5, 5.41) is 14.6. The van der Waals surface area contributed by atoms with Gasteiger partial charge in [-0.1, -0.05) is 42.8 Å². The Morgan fingerprint density at radius 3 is 2.63 bits per heavy atom. The lowest BCUT2D eigenvalue weighted by atomic mass is 10.1.